The summed E-state index contributed by atoms with van der Waals surface area (Å²) >= 11 is 3.30. The van der Waals surface area contributed by atoms with Crippen LogP contribution in [0.2, 0.25) is 0 Å². The number of rotatable bonds is 5. The summed E-state index contributed by atoms with van der Waals surface area (Å²) in [6, 6.07) is 6.40. The summed E-state index contributed by atoms with van der Waals surface area (Å²) in [5, 5.41) is 5.15. The maximum Gasteiger partial charge on any atom is 0.314 e. The number of hydrogen-bond acceptors (Lipinski definition) is 3. The number of halogens is 1. The van der Waals surface area contributed by atoms with Gasteiger partial charge in [0.2, 0.25) is 5.91 Å². The molecule has 0 aliphatic heterocycles. The van der Waals surface area contributed by atoms with Crippen molar-refractivity contribution in [1.82, 2.24) is 10.4 Å². The van der Waals surface area contributed by atoms with Crippen LogP contribution in [0.15, 0.2) is 28.7 Å². The minimum Gasteiger partial charge on any atom is -0.433 e. The standard InChI is InChI=1S/C11H16BrN2O3P/c1-8(11(15)13-2)14-18(3,16)17-10-6-4-9(12)5-7-10/h4-8H,1-3H3,(H,13,15)(H,14,16)/t8-,18?/m0/s1. The molecule has 1 aromatic carbocycles. The summed E-state index contributed by atoms with van der Waals surface area (Å²) < 4.78 is 18.4. The zero-order valence-corrected chi connectivity index (χ0v) is 12.9. The van der Waals surface area contributed by atoms with Gasteiger partial charge in [-0.15, -0.1) is 0 Å². The van der Waals surface area contributed by atoms with Gasteiger partial charge < -0.3 is 9.84 Å². The van der Waals surface area contributed by atoms with Gasteiger partial charge in [0.1, 0.15) is 5.75 Å². The smallest absolute Gasteiger partial charge is 0.314 e. The average Bonchev–Trinajstić information content (AvgIpc) is 2.30. The van der Waals surface area contributed by atoms with Crippen molar-refractivity contribution >= 4 is 29.4 Å². The number of likely N-dealkylation sites (N-methyl/N-ethyl adjacent to an activating group) is 1. The molecule has 0 bridgehead atoms. The van der Waals surface area contributed by atoms with Crippen LogP contribution in [0.1, 0.15) is 6.92 Å². The molecule has 0 saturated carbocycles. The lowest BCUT2D eigenvalue weighted by Gasteiger charge is -2.20. The van der Waals surface area contributed by atoms with Crippen LogP contribution < -0.4 is 14.9 Å². The fourth-order valence-corrected chi connectivity index (χ4v) is 3.01. The molecule has 1 aromatic rings. The molecule has 100 valence electrons. The van der Waals surface area contributed by atoms with Crippen LogP contribution in [-0.4, -0.2) is 25.7 Å². The first-order valence-electron chi connectivity index (χ1n) is 5.36. The molecule has 2 N–H and O–H groups in total. The summed E-state index contributed by atoms with van der Waals surface area (Å²) in [6.07, 6.45) is 0. The summed E-state index contributed by atoms with van der Waals surface area (Å²) in [7, 11) is -1.55. The molecule has 7 heteroatoms. The number of amides is 1. The molecule has 0 aliphatic carbocycles. The molecule has 2 atom stereocenters. The van der Waals surface area contributed by atoms with E-state index in [2.05, 4.69) is 26.3 Å². The molecule has 0 radical (unpaired) electrons. The van der Waals surface area contributed by atoms with Crippen LogP contribution in [0.5, 0.6) is 5.75 Å². The second-order valence-electron chi connectivity index (χ2n) is 3.86. The molecule has 1 unspecified atom stereocenters. The third-order valence-corrected chi connectivity index (χ3v) is 4.11. The molecule has 0 saturated heterocycles. The second-order valence-corrected chi connectivity index (χ2v) is 6.90. The highest BCUT2D eigenvalue weighted by Gasteiger charge is 2.23. The molecule has 5 nitrogen and oxygen atoms in total. The van der Waals surface area contributed by atoms with Gasteiger partial charge in [-0.25, -0.2) is 5.09 Å². The van der Waals surface area contributed by atoms with Crippen LogP contribution in [0.3, 0.4) is 0 Å². The van der Waals surface area contributed by atoms with Crippen LogP contribution >= 0.6 is 23.4 Å². The van der Waals surface area contributed by atoms with Gasteiger partial charge in [0, 0.05) is 18.2 Å². The van der Waals surface area contributed by atoms with E-state index in [1.165, 1.54) is 13.7 Å². The van der Waals surface area contributed by atoms with Crippen molar-refractivity contribution in [1.29, 1.82) is 0 Å². The van der Waals surface area contributed by atoms with Gasteiger partial charge in [0.25, 0.3) is 0 Å². The van der Waals surface area contributed by atoms with Gasteiger partial charge in [-0.2, -0.15) is 0 Å². The van der Waals surface area contributed by atoms with E-state index in [9.17, 15) is 9.36 Å². The van der Waals surface area contributed by atoms with Gasteiger partial charge >= 0.3 is 7.52 Å². The molecule has 0 spiro atoms. The van der Waals surface area contributed by atoms with E-state index in [0.29, 0.717) is 5.75 Å². The summed E-state index contributed by atoms with van der Waals surface area (Å²) in [5.74, 6) is 0.247. The average molecular weight is 335 g/mol. The highest BCUT2D eigenvalue weighted by molar-refractivity contribution is 9.10. The van der Waals surface area contributed by atoms with E-state index in [0.717, 1.165) is 4.47 Å². The highest BCUT2D eigenvalue weighted by Crippen LogP contribution is 2.39. The Morgan fingerprint density at radius 1 is 1.39 bits per heavy atom. The predicted molar refractivity (Wildman–Crippen MR) is 75.0 cm³/mol. The Morgan fingerprint density at radius 3 is 2.44 bits per heavy atom. The first-order chi connectivity index (χ1) is 8.34. The maximum atomic E-state index is 12.2. The normalized spacial score (nSPS) is 15.6. The lowest BCUT2D eigenvalue weighted by atomic mass is 10.3. The van der Waals surface area contributed by atoms with Crippen LogP contribution in [0, 0.1) is 0 Å². The monoisotopic (exact) mass is 334 g/mol. The van der Waals surface area contributed by atoms with E-state index < -0.39 is 13.6 Å². The van der Waals surface area contributed by atoms with Gasteiger partial charge in [0.15, 0.2) is 0 Å². The topological polar surface area (TPSA) is 67.4 Å². The fourth-order valence-electron chi connectivity index (χ4n) is 1.35. The van der Waals surface area contributed by atoms with E-state index in [1.807, 2.05) is 0 Å². The van der Waals surface area contributed by atoms with Crippen molar-refractivity contribution in [2.45, 2.75) is 13.0 Å². The van der Waals surface area contributed by atoms with Gasteiger partial charge in [-0.1, -0.05) is 15.9 Å². The fraction of sp³-hybridized carbons (Fsp3) is 0.364. The van der Waals surface area contributed by atoms with E-state index in [1.54, 1.807) is 31.2 Å². The number of nitrogens with one attached hydrogen (secondary N) is 2. The third kappa shape index (κ3) is 4.80. The van der Waals surface area contributed by atoms with Gasteiger partial charge in [-0.05, 0) is 31.2 Å². The number of benzene rings is 1. The molecule has 0 aliphatic rings. The molecule has 18 heavy (non-hydrogen) atoms. The van der Waals surface area contributed by atoms with Crippen molar-refractivity contribution in [3.05, 3.63) is 28.7 Å². The minimum atomic E-state index is -3.08. The second kappa shape index (κ2) is 6.36. The Kier molecular flexibility index (Phi) is 5.38. The summed E-state index contributed by atoms with van der Waals surface area (Å²) in [5.41, 5.74) is 0. The lowest BCUT2D eigenvalue weighted by molar-refractivity contribution is -0.121. The van der Waals surface area contributed by atoms with Crippen molar-refractivity contribution in [2.75, 3.05) is 13.7 Å². The van der Waals surface area contributed by atoms with Gasteiger partial charge in [0.05, 0.1) is 6.04 Å². The van der Waals surface area contributed by atoms with Crippen LogP contribution in [0.4, 0.5) is 0 Å². The van der Waals surface area contributed by atoms with Crippen molar-refractivity contribution in [3.63, 3.8) is 0 Å². The van der Waals surface area contributed by atoms with Crippen molar-refractivity contribution in [3.8, 4) is 5.75 Å². The largest absolute Gasteiger partial charge is 0.433 e. The molecular weight excluding hydrogens is 319 g/mol. The van der Waals surface area contributed by atoms with Gasteiger partial charge in [-0.3, -0.25) is 9.36 Å². The first kappa shape index (κ1) is 15.2. The first-order valence-corrected chi connectivity index (χ1v) is 8.22. The Hall–Kier alpha value is -0.840. The van der Waals surface area contributed by atoms with E-state index in [4.69, 9.17) is 4.52 Å². The number of carbonyl (C=O) groups excluding carboxylic acids is 1. The highest BCUT2D eigenvalue weighted by atomic mass is 79.9. The molecular formula is C11H16BrN2O3P. The zero-order chi connectivity index (χ0) is 13.8. The summed E-state index contributed by atoms with van der Waals surface area (Å²) in [6.45, 7) is 3.06. The zero-order valence-electron chi connectivity index (χ0n) is 10.4. The van der Waals surface area contributed by atoms with Crippen LogP contribution in [0.25, 0.3) is 0 Å². The lowest BCUT2D eigenvalue weighted by Crippen LogP contribution is -2.39. The third-order valence-electron chi connectivity index (χ3n) is 2.16. The number of carbonyl (C=O) groups is 1. The molecule has 0 fully saturated rings. The Labute approximate surface area is 115 Å². The Balaban J connectivity index is 2.67. The Bertz CT molecular complexity index is 464. The molecule has 0 heterocycles. The maximum absolute atomic E-state index is 12.2. The quantitative estimate of drug-likeness (QED) is 0.811. The number of hydrogen-bond donors (Lipinski definition) is 2. The van der Waals surface area contributed by atoms with Crippen LogP contribution in [-0.2, 0) is 9.36 Å². The minimum absolute atomic E-state index is 0.239. The molecule has 1 rings (SSSR count). The van der Waals surface area contributed by atoms with Crippen molar-refractivity contribution in [2.24, 2.45) is 0 Å². The van der Waals surface area contributed by atoms with E-state index >= 15 is 0 Å². The Morgan fingerprint density at radius 2 is 1.94 bits per heavy atom. The molecule has 0 aromatic heterocycles. The van der Waals surface area contributed by atoms with E-state index in [-0.39, 0.29) is 5.91 Å². The molecule has 1 amide bonds. The summed E-state index contributed by atoms with van der Waals surface area (Å²) in [4.78, 5) is 11.3. The SMILES string of the molecule is CNC(=O)[C@H](C)NP(C)(=O)Oc1ccc(Br)cc1. The predicted octanol–water partition coefficient (Wildman–Crippen LogP) is 2.37. The van der Waals surface area contributed by atoms with Crippen molar-refractivity contribution < 1.29 is 13.9 Å².